The Balaban J connectivity index is 1.99. The molecule has 1 heterocycles. The van der Waals surface area contributed by atoms with E-state index < -0.39 is 11.8 Å². The molecule has 2 rings (SSSR count). The van der Waals surface area contributed by atoms with Gasteiger partial charge in [-0.1, -0.05) is 13.8 Å². The van der Waals surface area contributed by atoms with E-state index >= 15 is 0 Å². The predicted molar refractivity (Wildman–Crippen MR) is 58.7 cm³/mol. The summed E-state index contributed by atoms with van der Waals surface area (Å²) in [5, 5.41) is 3.36. The molecule has 0 spiro atoms. The molecule has 2 aliphatic rings. The smallest absolute Gasteiger partial charge is 0.251 e. The predicted octanol–water partition coefficient (Wildman–Crippen LogP) is 2.58. The second-order valence-corrected chi connectivity index (χ2v) is 5.02. The first-order valence-corrected chi connectivity index (χ1v) is 6.29. The van der Waals surface area contributed by atoms with Gasteiger partial charge in [-0.15, -0.1) is 0 Å². The molecule has 2 nitrogen and oxygen atoms in total. The van der Waals surface area contributed by atoms with Gasteiger partial charge in [0.05, 0.1) is 12.2 Å². The van der Waals surface area contributed by atoms with Crippen LogP contribution in [0.5, 0.6) is 0 Å². The summed E-state index contributed by atoms with van der Waals surface area (Å²) in [5.41, 5.74) is -0.225. The minimum atomic E-state index is -2.41. The molecule has 0 radical (unpaired) electrons. The van der Waals surface area contributed by atoms with Crippen molar-refractivity contribution in [3.05, 3.63) is 0 Å². The van der Waals surface area contributed by atoms with E-state index in [1.54, 1.807) is 0 Å². The normalized spacial score (nSPS) is 36.0. The molecule has 1 aliphatic carbocycles. The van der Waals surface area contributed by atoms with Gasteiger partial charge in [0, 0.05) is 24.9 Å². The van der Waals surface area contributed by atoms with E-state index in [4.69, 9.17) is 4.74 Å². The Morgan fingerprint density at radius 3 is 2.44 bits per heavy atom. The van der Waals surface area contributed by atoms with Crippen LogP contribution in [0.4, 0.5) is 8.78 Å². The minimum Gasteiger partial charge on any atom is -0.372 e. The van der Waals surface area contributed by atoms with Crippen LogP contribution in [0.25, 0.3) is 0 Å². The van der Waals surface area contributed by atoms with Gasteiger partial charge in [0.25, 0.3) is 5.92 Å². The first-order valence-electron chi connectivity index (χ1n) is 6.29. The van der Waals surface area contributed by atoms with Crippen LogP contribution in [0, 0.1) is 5.92 Å². The van der Waals surface area contributed by atoms with Crippen molar-refractivity contribution in [2.75, 3.05) is 13.2 Å². The molecular weight excluding hydrogens is 212 g/mol. The number of rotatable bonds is 4. The Kier molecular flexibility index (Phi) is 3.23. The zero-order chi connectivity index (χ0) is 11.8. The van der Waals surface area contributed by atoms with Crippen LogP contribution in [-0.4, -0.2) is 30.7 Å². The molecule has 1 saturated heterocycles. The third-order valence-corrected chi connectivity index (χ3v) is 4.19. The fraction of sp³-hybridized carbons (Fsp3) is 1.00. The third kappa shape index (κ3) is 2.09. The Labute approximate surface area is 95.7 Å². The number of ether oxygens (including phenoxy) is 1. The Hall–Kier alpha value is -0.220. The fourth-order valence-electron chi connectivity index (χ4n) is 2.83. The summed E-state index contributed by atoms with van der Waals surface area (Å²) in [5.74, 6) is -2.84. The highest BCUT2D eigenvalue weighted by atomic mass is 19.3. The van der Waals surface area contributed by atoms with Gasteiger partial charge >= 0.3 is 0 Å². The van der Waals surface area contributed by atoms with Crippen molar-refractivity contribution in [1.82, 2.24) is 5.32 Å². The Morgan fingerprint density at radius 2 is 1.94 bits per heavy atom. The first-order chi connectivity index (χ1) is 7.54. The molecule has 1 N–H and O–H groups in total. The average Bonchev–Trinajstić information content (AvgIpc) is 2.87. The monoisotopic (exact) mass is 233 g/mol. The molecule has 4 heteroatoms. The topological polar surface area (TPSA) is 21.3 Å². The van der Waals surface area contributed by atoms with E-state index in [9.17, 15) is 8.78 Å². The summed E-state index contributed by atoms with van der Waals surface area (Å²) in [6.45, 7) is 5.63. The maximum absolute atomic E-state index is 12.9. The van der Waals surface area contributed by atoms with Gasteiger partial charge in [0.15, 0.2) is 0 Å². The highest BCUT2D eigenvalue weighted by molar-refractivity contribution is 5.03. The molecule has 1 saturated carbocycles. The van der Waals surface area contributed by atoms with E-state index in [1.807, 2.05) is 0 Å². The number of alkyl halides is 2. The number of hydrogen-bond donors (Lipinski definition) is 1. The molecule has 94 valence electrons. The summed E-state index contributed by atoms with van der Waals surface area (Å²) < 4.78 is 31.8. The van der Waals surface area contributed by atoms with Gasteiger partial charge in [-0.05, 0) is 19.3 Å². The SMILES string of the molecule is CCC1(CC)OCCNC1CC1CC1(F)F. The molecule has 2 unspecified atom stereocenters. The van der Waals surface area contributed by atoms with Crippen molar-refractivity contribution in [1.29, 1.82) is 0 Å². The van der Waals surface area contributed by atoms with Crippen molar-refractivity contribution < 1.29 is 13.5 Å². The van der Waals surface area contributed by atoms with Crippen LogP contribution in [0.15, 0.2) is 0 Å². The standard InChI is InChI=1S/C12H21F2NO/c1-3-11(4-2)10(15-5-6-16-11)7-9-8-12(9,13)14/h9-10,15H,3-8H2,1-2H3. The molecule has 2 atom stereocenters. The number of hydrogen-bond acceptors (Lipinski definition) is 2. The molecule has 1 aliphatic heterocycles. The Morgan fingerprint density at radius 1 is 1.31 bits per heavy atom. The number of nitrogens with one attached hydrogen (secondary N) is 1. The molecule has 0 aromatic carbocycles. The second kappa shape index (κ2) is 4.22. The van der Waals surface area contributed by atoms with Crippen LogP contribution < -0.4 is 5.32 Å². The molecule has 0 bridgehead atoms. The van der Waals surface area contributed by atoms with Crippen molar-refractivity contribution in [3.8, 4) is 0 Å². The van der Waals surface area contributed by atoms with E-state index in [-0.39, 0.29) is 18.1 Å². The zero-order valence-corrected chi connectivity index (χ0v) is 10.1. The zero-order valence-electron chi connectivity index (χ0n) is 10.1. The summed E-state index contributed by atoms with van der Waals surface area (Å²) in [6.07, 6.45) is 2.39. The summed E-state index contributed by atoms with van der Waals surface area (Å²) in [4.78, 5) is 0. The highest BCUT2D eigenvalue weighted by Gasteiger charge is 2.58. The second-order valence-electron chi connectivity index (χ2n) is 5.02. The molecule has 0 aromatic rings. The minimum absolute atomic E-state index is 0.0642. The van der Waals surface area contributed by atoms with E-state index in [0.29, 0.717) is 13.0 Å². The highest BCUT2D eigenvalue weighted by Crippen LogP contribution is 2.52. The lowest BCUT2D eigenvalue weighted by molar-refractivity contribution is -0.106. The molecule has 0 amide bonds. The van der Waals surface area contributed by atoms with Crippen LogP contribution in [0.2, 0.25) is 0 Å². The third-order valence-electron chi connectivity index (χ3n) is 4.19. The van der Waals surface area contributed by atoms with Gasteiger partial charge in [-0.25, -0.2) is 8.78 Å². The van der Waals surface area contributed by atoms with Crippen LogP contribution in [0.3, 0.4) is 0 Å². The van der Waals surface area contributed by atoms with Crippen molar-refractivity contribution in [2.24, 2.45) is 5.92 Å². The summed E-state index contributed by atoms with van der Waals surface area (Å²) >= 11 is 0. The van der Waals surface area contributed by atoms with Gasteiger partial charge in [-0.3, -0.25) is 0 Å². The lowest BCUT2D eigenvalue weighted by atomic mass is 9.84. The van der Waals surface area contributed by atoms with Crippen LogP contribution in [-0.2, 0) is 4.74 Å². The average molecular weight is 233 g/mol. The molecule has 2 fully saturated rings. The van der Waals surface area contributed by atoms with Crippen molar-refractivity contribution in [2.45, 2.75) is 57.1 Å². The number of morpholine rings is 1. The number of halogens is 2. The lowest BCUT2D eigenvalue weighted by Crippen LogP contribution is -2.57. The van der Waals surface area contributed by atoms with Gasteiger partial charge < -0.3 is 10.1 Å². The maximum Gasteiger partial charge on any atom is 0.251 e. The van der Waals surface area contributed by atoms with Crippen molar-refractivity contribution >= 4 is 0 Å². The van der Waals surface area contributed by atoms with Gasteiger partial charge in [0.1, 0.15) is 0 Å². The molecule has 16 heavy (non-hydrogen) atoms. The van der Waals surface area contributed by atoms with E-state index in [1.165, 1.54) is 0 Å². The largest absolute Gasteiger partial charge is 0.372 e. The van der Waals surface area contributed by atoms with E-state index in [0.717, 1.165) is 19.4 Å². The quantitative estimate of drug-likeness (QED) is 0.805. The van der Waals surface area contributed by atoms with E-state index in [2.05, 4.69) is 19.2 Å². The van der Waals surface area contributed by atoms with Crippen LogP contribution in [0.1, 0.15) is 39.5 Å². The Bertz CT molecular complexity index is 253. The van der Waals surface area contributed by atoms with Gasteiger partial charge in [0.2, 0.25) is 0 Å². The molecular formula is C12H21F2NO. The van der Waals surface area contributed by atoms with Crippen molar-refractivity contribution in [3.63, 3.8) is 0 Å². The van der Waals surface area contributed by atoms with Crippen LogP contribution >= 0.6 is 0 Å². The fourth-order valence-corrected chi connectivity index (χ4v) is 2.83. The lowest BCUT2D eigenvalue weighted by Gasteiger charge is -2.44. The summed E-state index contributed by atoms with van der Waals surface area (Å²) in [6, 6.07) is 0.0922. The molecule has 0 aromatic heterocycles. The summed E-state index contributed by atoms with van der Waals surface area (Å²) in [7, 11) is 0. The first kappa shape index (κ1) is 12.2. The maximum atomic E-state index is 12.9. The van der Waals surface area contributed by atoms with Gasteiger partial charge in [-0.2, -0.15) is 0 Å².